The second-order valence-electron chi connectivity index (χ2n) is 4.71. The molecule has 0 heterocycles. The zero-order valence-electron chi connectivity index (χ0n) is 13.1. The van der Waals surface area contributed by atoms with Crippen molar-refractivity contribution in [1.82, 2.24) is 5.43 Å². The quantitative estimate of drug-likeness (QED) is 0.673. The molecule has 0 radical (unpaired) electrons. The summed E-state index contributed by atoms with van der Waals surface area (Å²) in [6.45, 7) is 1.80. The first-order valence-corrected chi connectivity index (χ1v) is 7.25. The number of amides is 1. The molecule has 1 amide bonds. The fourth-order valence-electron chi connectivity index (χ4n) is 1.93. The van der Waals surface area contributed by atoms with Crippen molar-refractivity contribution in [3.8, 4) is 11.5 Å². The van der Waals surface area contributed by atoms with E-state index in [9.17, 15) is 4.79 Å². The molecule has 2 aromatic carbocycles. The number of rotatable bonds is 5. The minimum absolute atomic E-state index is 0.334. The van der Waals surface area contributed by atoms with Gasteiger partial charge in [0, 0.05) is 10.6 Å². The van der Waals surface area contributed by atoms with Gasteiger partial charge in [-0.2, -0.15) is 5.10 Å². The lowest BCUT2D eigenvalue weighted by molar-refractivity contribution is 0.0954. The summed E-state index contributed by atoms with van der Waals surface area (Å²) in [4.78, 5) is 12.2. The fourth-order valence-corrected chi connectivity index (χ4v) is 2.06. The van der Waals surface area contributed by atoms with Crippen LogP contribution in [0.1, 0.15) is 22.8 Å². The van der Waals surface area contributed by atoms with E-state index < -0.39 is 0 Å². The highest BCUT2D eigenvalue weighted by Crippen LogP contribution is 2.27. The summed E-state index contributed by atoms with van der Waals surface area (Å²) in [5.74, 6) is 0.711. The van der Waals surface area contributed by atoms with Gasteiger partial charge in [-0.3, -0.25) is 4.79 Å². The number of carbonyl (C=O) groups excluding carboxylic acids is 1. The Hall–Kier alpha value is -2.53. The number of hydrogen-bond donors (Lipinski definition) is 1. The second kappa shape index (κ2) is 7.65. The van der Waals surface area contributed by atoms with E-state index in [4.69, 9.17) is 21.1 Å². The number of nitrogens with zero attached hydrogens (tertiary/aromatic N) is 1. The van der Waals surface area contributed by atoms with E-state index in [0.717, 1.165) is 5.56 Å². The summed E-state index contributed by atoms with van der Waals surface area (Å²) in [6.07, 6.45) is 0. The molecule has 1 N–H and O–H groups in total. The van der Waals surface area contributed by atoms with Gasteiger partial charge in [0.2, 0.25) is 0 Å². The highest BCUT2D eigenvalue weighted by molar-refractivity contribution is 6.30. The standard InChI is InChI=1S/C17H17ClN2O3/c1-11(12-4-7-14(18)8-5-12)19-20-17(21)13-6-9-15(22-2)16(10-13)23-3/h4-10H,1-3H3,(H,20,21)/b19-11-. The number of hydrazone groups is 1. The second-order valence-corrected chi connectivity index (χ2v) is 5.15. The van der Waals surface area contributed by atoms with Crippen LogP contribution in [-0.4, -0.2) is 25.8 Å². The molecule has 0 aliphatic rings. The van der Waals surface area contributed by atoms with Crippen molar-refractivity contribution in [3.63, 3.8) is 0 Å². The Morgan fingerprint density at radius 1 is 1.00 bits per heavy atom. The van der Waals surface area contributed by atoms with Gasteiger partial charge in [0.15, 0.2) is 11.5 Å². The number of carbonyl (C=O) groups is 1. The molecule has 2 aromatic rings. The molecular formula is C17H17ClN2O3. The van der Waals surface area contributed by atoms with E-state index in [1.54, 1.807) is 37.3 Å². The average Bonchev–Trinajstić information content (AvgIpc) is 2.59. The van der Waals surface area contributed by atoms with Gasteiger partial charge in [-0.05, 0) is 42.8 Å². The number of ether oxygens (including phenoxy) is 2. The zero-order chi connectivity index (χ0) is 16.8. The van der Waals surface area contributed by atoms with Gasteiger partial charge in [0.1, 0.15) is 0 Å². The Labute approximate surface area is 139 Å². The molecular weight excluding hydrogens is 316 g/mol. The summed E-state index contributed by atoms with van der Waals surface area (Å²) in [7, 11) is 3.06. The third-order valence-electron chi connectivity index (χ3n) is 3.23. The number of halogens is 1. The van der Waals surface area contributed by atoms with Crippen LogP contribution in [0.25, 0.3) is 0 Å². The molecule has 120 valence electrons. The summed E-state index contributed by atoms with van der Waals surface area (Å²) in [6, 6.07) is 12.1. The lowest BCUT2D eigenvalue weighted by Gasteiger charge is -2.09. The van der Waals surface area contributed by atoms with Gasteiger partial charge in [-0.15, -0.1) is 0 Å². The smallest absolute Gasteiger partial charge is 0.271 e. The Balaban J connectivity index is 2.12. The van der Waals surface area contributed by atoms with Crippen LogP contribution in [0, 0.1) is 0 Å². The van der Waals surface area contributed by atoms with Crippen molar-refractivity contribution in [2.75, 3.05) is 14.2 Å². The van der Waals surface area contributed by atoms with Crippen molar-refractivity contribution in [2.24, 2.45) is 5.10 Å². The van der Waals surface area contributed by atoms with Crippen molar-refractivity contribution in [3.05, 3.63) is 58.6 Å². The van der Waals surface area contributed by atoms with Crippen molar-refractivity contribution < 1.29 is 14.3 Å². The van der Waals surface area contributed by atoms with E-state index in [1.807, 2.05) is 12.1 Å². The first-order valence-electron chi connectivity index (χ1n) is 6.87. The van der Waals surface area contributed by atoms with Gasteiger partial charge in [-0.25, -0.2) is 5.43 Å². The molecule has 0 aromatic heterocycles. The summed E-state index contributed by atoms with van der Waals surface area (Å²) in [5, 5.41) is 4.75. The van der Waals surface area contributed by atoms with Crippen LogP contribution >= 0.6 is 11.6 Å². The number of hydrogen-bond acceptors (Lipinski definition) is 4. The van der Waals surface area contributed by atoms with Crippen molar-refractivity contribution in [1.29, 1.82) is 0 Å². The fraction of sp³-hybridized carbons (Fsp3) is 0.176. The molecule has 0 aliphatic carbocycles. The monoisotopic (exact) mass is 332 g/mol. The van der Waals surface area contributed by atoms with Crippen LogP contribution in [0.5, 0.6) is 11.5 Å². The van der Waals surface area contributed by atoms with Crippen LogP contribution in [0.3, 0.4) is 0 Å². The Bertz CT molecular complexity index is 727. The van der Waals surface area contributed by atoms with E-state index in [-0.39, 0.29) is 5.91 Å². The maximum Gasteiger partial charge on any atom is 0.271 e. The van der Waals surface area contributed by atoms with Crippen LogP contribution in [-0.2, 0) is 0 Å². The first kappa shape index (κ1) is 16.8. The van der Waals surface area contributed by atoms with Crippen LogP contribution < -0.4 is 14.9 Å². The van der Waals surface area contributed by atoms with E-state index in [1.165, 1.54) is 14.2 Å². The average molecular weight is 333 g/mol. The van der Waals surface area contributed by atoms with E-state index in [0.29, 0.717) is 27.8 Å². The SMILES string of the molecule is COc1ccc(C(=O)N/N=C(/C)c2ccc(Cl)cc2)cc1OC. The Morgan fingerprint density at radius 2 is 1.61 bits per heavy atom. The van der Waals surface area contributed by atoms with E-state index in [2.05, 4.69) is 10.5 Å². The highest BCUT2D eigenvalue weighted by Gasteiger charge is 2.10. The summed E-state index contributed by atoms with van der Waals surface area (Å²) in [5.41, 5.74) is 4.50. The summed E-state index contributed by atoms with van der Waals surface area (Å²) < 4.78 is 10.3. The molecule has 0 spiro atoms. The molecule has 0 bridgehead atoms. The van der Waals surface area contributed by atoms with Gasteiger partial charge >= 0.3 is 0 Å². The third-order valence-corrected chi connectivity index (χ3v) is 3.48. The van der Waals surface area contributed by atoms with Gasteiger partial charge in [-0.1, -0.05) is 23.7 Å². The van der Waals surface area contributed by atoms with Crippen LogP contribution in [0.4, 0.5) is 0 Å². The molecule has 0 fully saturated rings. The lowest BCUT2D eigenvalue weighted by Crippen LogP contribution is -2.19. The number of benzene rings is 2. The van der Waals surface area contributed by atoms with Gasteiger partial charge in [0.05, 0.1) is 19.9 Å². The Morgan fingerprint density at radius 3 is 2.22 bits per heavy atom. The maximum atomic E-state index is 12.2. The molecule has 23 heavy (non-hydrogen) atoms. The first-order chi connectivity index (χ1) is 11.0. The molecule has 0 atom stereocenters. The molecule has 2 rings (SSSR count). The molecule has 5 nitrogen and oxygen atoms in total. The third kappa shape index (κ3) is 4.23. The lowest BCUT2D eigenvalue weighted by atomic mass is 10.1. The molecule has 0 saturated heterocycles. The molecule has 0 saturated carbocycles. The normalized spacial score (nSPS) is 11.0. The predicted octanol–water partition coefficient (Wildman–Crippen LogP) is 3.51. The summed E-state index contributed by atoms with van der Waals surface area (Å²) >= 11 is 5.85. The molecule has 0 unspecified atom stereocenters. The minimum Gasteiger partial charge on any atom is -0.493 e. The Kier molecular flexibility index (Phi) is 5.60. The molecule has 6 heteroatoms. The highest BCUT2D eigenvalue weighted by atomic mass is 35.5. The van der Waals surface area contributed by atoms with E-state index >= 15 is 0 Å². The number of nitrogens with one attached hydrogen (secondary N) is 1. The van der Waals surface area contributed by atoms with Gasteiger partial charge < -0.3 is 9.47 Å². The topological polar surface area (TPSA) is 59.9 Å². The van der Waals surface area contributed by atoms with Gasteiger partial charge in [0.25, 0.3) is 5.91 Å². The molecule has 0 aliphatic heterocycles. The maximum absolute atomic E-state index is 12.2. The number of methoxy groups -OCH3 is 2. The predicted molar refractivity (Wildman–Crippen MR) is 90.7 cm³/mol. The van der Waals surface area contributed by atoms with Crippen LogP contribution in [0.2, 0.25) is 5.02 Å². The van der Waals surface area contributed by atoms with Crippen molar-refractivity contribution >= 4 is 23.2 Å². The van der Waals surface area contributed by atoms with Crippen LogP contribution in [0.15, 0.2) is 47.6 Å². The largest absolute Gasteiger partial charge is 0.493 e. The van der Waals surface area contributed by atoms with Crippen molar-refractivity contribution in [2.45, 2.75) is 6.92 Å². The minimum atomic E-state index is -0.334. The zero-order valence-corrected chi connectivity index (χ0v) is 13.8.